The Morgan fingerprint density at radius 3 is 1.86 bits per heavy atom. The molecule has 0 aliphatic heterocycles. The first kappa shape index (κ1) is 23.2. The van der Waals surface area contributed by atoms with Crippen LogP contribution in [0.15, 0.2) is 0 Å². The Hall–Kier alpha value is -1.02. The number of aliphatic carboxylic acids is 1. The third-order valence-corrected chi connectivity index (χ3v) is 3.15. The number of carboxylic acid groups (broad SMARTS) is 1. The molecule has 0 aromatic rings. The second-order valence-corrected chi connectivity index (χ2v) is 6.60. The van der Waals surface area contributed by atoms with Crippen molar-refractivity contribution in [3.63, 3.8) is 0 Å². The van der Waals surface area contributed by atoms with E-state index in [1.807, 2.05) is 0 Å². The highest BCUT2D eigenvalue weighted by Gasteiger charge is 2.13. The average Bonchev–Trinajstić information content (AvgIpc) is 2.37. The summed E-state index contributed by atoms with van der Waals surface area (Å²) in [7, 11) is 6.23. The third-order valence-electron chi connectivity index (χ3n) is 3.15. The van der Waals surface area contributed by atoms with Crippen LogP contribution < -0.4 is 17.2 Å². The highest BCUT2D eigenvalue weighted by Crippen LogP contribution is 2.00. The van der Waals surface area contributed by atoms with Gasteiger partial charge in [-0.3, -0.25) is 9.59 Å². The largest absolute Gasteiger partial charge is 0.480 e. The van der Waals surface area contributed by atoms with Gasteiger partial charge in [0.15, 0.2) is 0 Å². The Kier molecular flexibility index (Phi) is 13.2. The smallest absolute Gasteiger partial charge is 0.320 e. The summed E-state index contributed by atoms with van der Waals surface area (Å²) in [5.41, 5.74) is 16.1. The lowest BCUT2D eigenvalue weighted by Gasteiger charge is -2.23. The van der Waals surface area contributed by atoms with Gasteiger partial charge < -0.3 is 26.8 Å². The number of hydrogen-bond donors (Lipinski definition) is 4. The summed E-state index contributed by atoms with van der Waals surface area (Å²) in [4.78, 5) is 20.9. The molecule has 0 saturated carbocycles. The fraction of sp³-hybridized carbons (Fsp3) is 0.867. The highest BCUT2D eigenvalue weighted by molar-refractivity contribution is 5.81. The van der Waals surface area contributed by atoms with E-state index in [1.54, 1.807) is 0 Å². The van der Waals surface area contributed by atoms with Crippen LogP contribution in [0.2, 0.25) is 0 Å². The van der Waals surface area contributed by atoms with E-state index in [1.165, 1.54) is 6.92 Å². The van der Waals surface area contributed by atoms with Crippen LogP contribution >= 0.6 is 0 Å². The van der Waals surface area contributed by atoms with Crippen molar-refractivity contribution < 1.29 is 19.2 Å². The summed E-state index contributed by atoms with van der Waals surface area (Å²) >= 11 is 0. The minimum atomic E-state index is -0.906. The SMILES string of the molecule is CC(=O)C(N)CCCCN.C[N+](C)(C)CCCC(N)C(=O)O. The monoisotopic (exact) mass is 319 g/mol. The molecule has 0 saturated heterocycles. The number of ketones is 1. The molecule has 0 rings (SSSR count). The van der Waals surface area contributed by atoms with Crippen molar-refractivity contribution in [1.29, 1.82) is 0 Å². The van der Waals surface area contributed by atoms with Crippen molar-refractivity contribution in [2.45, 2.75) is 51.1 Å². The van der Waals surface area contributed by atoms with E-state index < -0.39 is 12.0 Å². The van der Waals surface area contributed by atoms with Gasteiger partial charge in [-0.25, -0.2) is 0 Å². The zero-order chi connectivity index (χ0) is 17.8. The maximum atomic E-state index is 10.6. The molecule has 0 heterocycles. The number of unbranched alkanes of at least 4 members (excludes halogenated alkanes) is 1. The standard InChI is InChI=1S/C8H18N2O2.C7H16N2O/c1-10(2,3)6-4-5-7(9)8(11)12;1-6(10)7(9)4-2-3-5-8/h7H,4-6,9H2,1-3H3;7H,2-5,8-9H2,1H3/p+1. The van der Waals surface area contributed by atoms with Gasteiger partial charge in [-0.05, 0) is 39.2 Å². The summed E-state index contributed by atoms with van der Waals surface area (Å²) in [6.45, 7) is 3.17. The third kappa shape index (κ3) is 17.0. The van der Waals surface area contributed by atoms with Gasteiger partial charge in [0, 0.05) is 0 Å². The van der Waals surface area contributed by atoms with E-state index in [-0.39, 0.29) is 11.8 Å². The lowest BCUT2D eigenvalue weighted by atomic mass is 10.1. The van der Waals surface area contributed by atoms with Gasteiger partial charge in [-0.2, -0.15) is 0 Å². The predicted molar refractivity (Wildman–Crippen MR) is 89.3 cm³/mol. The number of hydrogen-bond acceptors (Lipinski definition) is 5. The number of carboxylic acids is 1. The number of nitrogens with zero attached hydrogens (tertiary/aromatic N) is 1. The summed E-state index contributed by atoms with van der Waals surface area (Å²) in [5.74, 6) is -0.839. The second kappa shape index (κ2) is 12.5. The first-order chi connectivity index (χ1) is 10.0. The maximum Gasteiger partial charge on any atom is 0.320 e. The van der Waals surface area contributed by atoms with E-state index in [4.69, 9.17) is 22.3 Å². The lowest BCUT2D eigenvalue weighted by molar-refractivity contribution is -0.870. The molecule has 0 amide bonds. The molecular formula is C15H35N4O3+. The van der Waals surface area contributed by atoms with E-state index in [2.05, 4.69) is 21.1 Å². The zero-order valence-electron chi connectivity index (χ0n) is 14.5. The molecular weight excluding hydrogens is 284 g/mol. The molecule has 7 nitrogen and oxygen atoms in total. The molecule has 0 radical (unpaired) electrons. The van der Waals surface area contributed by atoms with Crippen LogP contribution in [0.1, 0.15) is 39.0 Å². The van der Waals surface area contributed by atoms with Crippen LogP contribution in [-0.2, 0) is 9.59 Å². The minimum Gasteiger partial charge on any atom is -0.480 e. The Bertz CT molecular complexity index is 316. The summed E-state index contributed by atoms with van der Waals surface area (Å²) in [5, 5.41) is 8.48. The number of rotatable bonds is 10. The number of carbonyl (C=O) groups is 2. The molecule has 0 aromatic heterocycles. The highest BCUT2D eigenvalue weighted by atomic mass is 16.4. The summed E-state index contributed by atoms with van der Waals surface area (Å²) < 4.78 is 0.854. The minimum absolute atomic E-state index is 0.0667. The molecule has 0 aliphatic carbocycles. The fourth-order valence-corrected chi connectivity index (χ4v) is 1.62. The Morgan fingerprint density at radius 2 is 1.50 bits per heavy atom. The molecule has 0 bridgehead atoms. The van der Waals surface area contributed by atoms with Crippen molar-refractivity contribution in [3.05, 3.63) is 0 Å². The zero-order valence-corrected chi connectivity index (χ0v) is 14.5. The van der Waals surface area contributed by atoms with Gasteiger partial charge >= 0.3 is 5.97 Å². The van der Waals surface area contributed by atoms with Crippen LogP contribution in [0, 0.1) is 0 Å². The Morgan fingerprint density at radius 1 is 1.00 bits per heavy atom. The second-order valence-electron chi connectivity index (χ2n) is 6.60. The molecule has 2 unspecified atom stereocenters. The number of nitrogens with two attached hydrogens (primary N) is 3. The summed E-state index contributed by atoms with van der Waals surface area (Å²) in [6, 6.07) is -0.969. The number of Topliss-reactive ketones (excluding diaryl/α,β-unsaturated/α-hetero) is 1. The van der Waals surface area contributed by atoms with Crippen LogP contribution in [0.3, 0.4) is 0 Å². The first-order valence-electron chi connectivity index (χ1n) is 7.76. The average molecular weight is 319 g/mol. The molecule has 0 aliphatic rings. The van der Waals surface area contributed by atoms with Crippen molar-refractivity contribution >= 4 is 11.8 Å². The van der Waals surface area contributed by atoms with Crippen LogP contribution in [0.4, 0.5) is 0 Å². The van der Waals surface area contributed by atoms with E-state index in [9.17, 15) is 9.59 Å². The molecule has 22 heavy (non-hydrogen) atoms. The topological polar surface area (TPSA) is 132 Å². The van der Waals surface area contributed by atoms with E-state index >= 15 is 0 Å². The summed E-state index contributed by atoms with van der Waals surface area (Å²) in [6.07, 6.45) is 4.10. The predicted octanol–water partition coefficient (Wildman–Crippen LogP) is -0.0836. The number of carbonyl (C=O) groups excluding carboxylic acids is 1. The van der Waals surface area contributed by atoms with Gasteiger partial charge in [0.05, 0.1) is 33.7 Å². The molecule has 7 N–H and O–H groups in total. The van der Waals surface area contributed by atoms with E-state index in [0.717, 1.165) is 36.7 Å². The molecule has 0 aromatic carbocycles. The van der Waals surface area contributed by atoms with E-state index in [0.29, 0.717) is 13.0 Å². The van der Waals surface area contributed by atoms with Crippen molar-refractivity contribution in [3.8, 4) is 0 Å². The first-order valence-corrected chi connectivity index (χ1v) is 7.76. The van der Waals surface area contributed by atoms with Crippen LogP contribution in [0.25, 0.3) is 0 Å². The molecule has 0 fully saturated rings. The lowest BCUT2D eigenvalue weighted by Crippen LogP contribution is -2.37. The molecule has 7 heteroatoms. The quantitative estimate of drug-likeness (QED) is 0.329. The molecule has 2 atom stereocenters. The van der Waals surface area contributed by atoms with Crippen molar-refractivity contribution in [2.75, 3.05) is 34.2 Å². The maximum absolute atomic E-state index is 10.6. The van der Waals surface area contributed by atoms with Gasteiger partial charge in [0.2, 0.25) is 0 Å². The van der Waals surface area contributed by atoms with Crippen molar-refractivity contribution in [2.24, 2.45) is 17.2 Å². The van der Waals surface area contributed by atoms with Gasteiger partial charge in [-0.1, -0.05) is 6.42 Å². The Balaban J connectivity index is 0. The fourth-order valence-electron chi connectivity index (χ4n) is 1.62. The number of quaternary nitrogens is 1. The molecule has 132 valence electrons. The van der Waals surface area contributed by atoms with Crippen LogP contribution in [0.5, 0.6) is 0 Å². The Labute approximate surface area is 134 Å². The van der Waals surface area contributed by atoms with Gasteiger partial charge in [0.25, 0.3) is 0 Å². The van der Waals surface area contributed by atoms with Crippen molar-refractivity contribution in [1.82, 2.24) is 0 Å². The normalized spacial score (nSPS) is 13.8. The molecule has 0 spiro atoms. The van der Waals surface area contributed by atoms with Gasteiger partial charge in [-0.15, -0.1) is 0 Å². The van der Waals surface area contributed by atoms with Gasteiger partial charge in [0.1, 0.15) is 11.8 Å². The van der Waals surface area contributed by atoms with Crippen LogP contribution in [-0.4, -0.2) is 67.7 Å².